The molecule has 0 spiro atoms. The second-order valence-electron chi connectivity index (χ2n) is 7.37. The van der Waals surface area contributed by atoms with Crippen LogP contribution in [-0.2, 0) is 34.6 Å². The maximum atomic E-state index is 4.53. The normalized spacial score (nSPS) is 10.1. The third-order valence-corrected chi connectivity index (χ3v) is 5.23. The number of fused-ring (bicyclic) bond motifs is 6. The molecular weight excluding hydrogens is 507 g/mol. The molecule has 172 valence electrons. The molecule has 0 saturated heterocycles. The second kappa shape index (κ2) is 16.8. The van der Waals surface area contributed by atoms with Gasteiger partial charge in [0.15, 0.2) is 0 Å². The molecule has 0 nitrogen and oxygen atoms in total. The molecule has 0 bridgehead atoms. The molecule has 34 heavy (non-hydrogen) atoms. The number of benzene rings is 4. The van der Waals surface area contributed by atoms with Crippen molar-refractivity contribution in [2.45, 2.75) is 26.7 Å². The first-order chi connectivity index (χ1) is 15.3. The van der Waals surface area contributed by atoms with Gasteiger partial charge in [0.2, 0.25) is 0 Å². The molecule has 4 aromatic carbocycles. The Balaban J connectivity index is 0.000000503. The van der Waals surface area contributed by atoms with Crippen molar-refractivity contribution in [1.29, 1.82) is 0 Å². The van der Waals surface area contributed by atoms with Gasteiger partial charge in [-0.25, -0.2) is 9.85 Å². The Labute approximate surface area is 236 Å². The number of hydrogen-bond donors (Lipinski definition) is 0. The summed E-state index contributed by atoms with van der Waals surface area (Å²) in [6.45, 7) is 4.00. The third-order valence-electron chi connectivity index (χ3n) is 5.23. The fourth-order valence-electron chi connectivity index (χ4n) is 4.00. The number of halogens is 2. The Kier molecular flexibility index (Phi) is 16.0. The van der Waals surface area contributed by atoms with E-state index < -0.39 is 0 Å². The smallest absolute Gasteiger partial charge is 1.00 e. The summed E-state index contributed by atoms with van der Waals surface area (Å²) >= 11 is 0. The fourth-order valence-corrected chi connectivity index (χ4v) is 4.00. The predicted octanol–water partition coefficient (Wildman–Crippen LogP) is 0.280. The van der Waals surface area contributed by atoms with Crippen LogP contribution in [0.15, 0.2) is 84.9 Å². The zero-order valence-corrected chi connectivity index (χ0v) is 24.1. The first-order valence-electron chi connectivity index (χ1n) is 10.6. The zero-order chi connectivity index (χ0) is 22.1. The fraction of sp³-hybridized carbons (Fsp3) is 0.133. The monoisotopic (exact) mass is 534 g/mol. The zero-order valence-electron chi connectivity index (χ0n) is 19.6. The van der Waals surface area contributed by atoms with Gasteiger partial charge in [-0.1, -0.05) is 70.8 Å². The molecule has 0 N–H and O–H groups in total. The summed E-state index contributed by atoms with van der Waals surface area (Å²) in [5, 5.41) is 0. The SMILES string of the molecule is C[CH-]C.[CH-]=[SiH2].[Cl-].[Cl-].[Ti+4].[c-]1cccc2c1Cc1ccccc1-2.[c-]1cccc2c1Cc1ccccc1-2. The van der Waals surface area contributed by atoms with Crippen LogP contribution in [0.5, 0.6) is 0 Å². The van der Waals surface area contributed by atoms with E-state index in [0.29, 0.717) is 0 Å². The Morgan fingerprint density at radius 2 is 0.941 bits per heavy atom. The first-order valence-corrected chi connectivity index (χ1v) is 11.4. The van der Waals surface area contributed by atoms with E-state index >= 15 is 0 Å². The molecule has 0 radical (unpaired) electrons. The predicted molar refractivity (Wildman–Crippen MR) is 137 cm³/mol. The van der Waals surface area contributed by atoms with Gasteiger partial charge >= 0.3 is 21.7 Å². The van der Waals surface area contributed by atoms with Gasteiger partial charge in [0.1, 0.15) is 0 Å². The molecule has 4 heteroatoms. The van der Waals surface area contributed by atoms with Gasteiger partial charge < -0.3 is 37.4 Å². The molecule has 0 saturated carbocycles. The number of rotatable bonds is 0. The Morgan fingerprint density at radius 1 is 0.618 bits per heavy atom. The van der Waals surface area contributed by atoms with Gasteiger partial charge in [-0.2, -0.15) is 73.5 Å². The maximum absolute atomic E-state index is 4.53. The van der Waals surface area contributed by atoms with Gasteiger partial charge in [-0.15, -0.1) is 11.1 Å². The molecule has 0 amide bonds. The Hall–Kier alpha value is -1.74. The molecule has 6 rings (SSSR count). The van der Waals surface area contributed by atoms with Crippen molar-refractivity contribution >= 4 is 16.0 Å². The van der Waals surface area contributed by atoms with Crippen molar-refractivity contribution in [3.8, 4) is 22.3 Å². The van der Waals surface area contributed by atoms with Crippen LogP contribution >= 0.6 is 0 Å². The summed E-state index contributed by atoms with van der Waals surface area (Å²) in [5.41, 5.74) is 11.0. The van der Waals surface area contributed by atoms with Crippen LogP contribution in [-0.4, -0.2) is 16.0 Å². The molecule has 0 fully saturated rings. The van der Waals surface area contributed by atoms with Crippen LogP contribution in [0, 0.1) is 18.6 Å². The minimum Gasteiger partial charge on any atom is -1.00 e. The summed E-state index contributed by atoms with van der Waals surface area (Å²) in [7, 11) is 1.36. The van der Waals surface area contributed by atoms with Crippen molar-refractivity contribution in [1.82, 2.24) is 0 Å². The van der Waals surface area contributed by atoms with E-state index in [1.807, 2.05) is 32.4 Å². The van der Waals surface area contributed by atoms with E-state index in [4.69, 9.17) is 0 Å². The standard InChI is InChI=1S/2C13H9.C3H7.CH3Si.2ClH.Ti/c2*1-3-7-12-10(5-1)9-11-6-2-4-8-13(11)12;1-3-2;1-2;;;/h2*1-5,7-8H,9H2;3H,1-2H3;1H,2H2;2*1H;/q4*-1;;;+4/p-2. The largest absolute Gasteiger partial charge is 4.00 e. The van der Waals surface area contributed by atoms with Gasteiger partial charge in [-0.05, 0) is 12.8 Å². The Bertz CT molecular complexity index is 968. The van der Waals surface area contributed by atoms with Crippen molar-refractivity contribution in [3.05, 3.63) is 126 Å². The third kappa shape index (κ3) is 7.63. The van der Waals surface area contributed by atoms with Crippen LogP contribution in [0.3, 0.4) is 0 Å². The molecule has 2 aliphatic carbocycles. The second-order valence-corrected chi connectivity index (χ2v) is 7.37. The summed E-state index contributed by atoms with van der Waals surface area (Å²) in [4.78, 5) is 0. The molecule has 0 heterocycles. The van der Waals surface area contributed by atoms with Gasteiger partial charge in [0.25, 0.3) is 0 Å². The van der Waals surface area contributed by atoms with E-state index in [9.17, 15) is 0 Å². The molecule has 0 unspecified atom stereocenters. The molecule has 2 aliphatic rings. The average molecular weight is 535 g/mol. The molecule has 0 atom stereocenters. The van der Waals surface area contributed by atoms with Gasteiger partial charge in [0, 0.05) is 0 Å². The summed E-state index contributed by atoms with van der Waals surface area (Å²) in [6.07, 6.45) is 8.62. The van der Waals surface area contributed by atoms with Crippen LogP contribution in [0.2, 0.25) is 0 Å². The van der Waals surface area contributed by atoms with Gasteiger partial charge in [0.05, 0.1) is 0 Å². The van der Waals surface area contributed by atoms with E-state index in [0.717, 1.165) is 12.8 Å². The van der Waals surface area contributed by atoms with Gasteiger partial charge in [-0.3, -0.25) is 0 Å². The van der Waals surface area contributed by atoms with E-state index in [1.165, 1.54) is 54.4 Å². The maximum Gasteiger partial charge on any atom is 4.00 e. The van der Waals surface area contributed by atoms with Crippen molar-refractivity contribution in [3.63, 3.8) is 0 Å². The first kappa shape index (κ1) is 32.3. The molecule has 0 aliphatic heterocycles. The van der Waals surface area contributed by atoms with E-state index in [-0.39, 0.29) is 46.5 Å². The summed E-state index contributed by atoms with van der Waals surface area (Å²) in [5.74, 6) is 0. The minimum absolute atomic E-state index is 0. The Morgan fingerprint density at radius 3 is 1.32 bits per heavy atom. The molecular formula is C30H28Cl2SiTi-2. The molecule has 0 aromatic heterocycles. The van der Waals surface area contributed by atoms with Crippen molar-refractivity contribution in [2.24, 2.45) is 0 Å². The summed E-state index contributed by atoms with van der Waals surface area (Å²) < 4.78 is 0. The van der Waals surface area contributed by atoms with Crippen molar-refractivity contribution < 1.29 is 46.5 Å². The van der Waals surface area contributed by atoms with Crippen LogP contribution < -0.4 is 24.8 Å². The van der Waals surface area contributed by atoms with Crippen molar-refractivity contribution in [2.75, 3.05) is 0 Å². The summed E-state index contributed by atoms with van der Waals surface area (Å²) in [6, 6.07) is 36.2. The topological polar surface area (TPSA) is 0 Å². The number of hydrogen-bond acceptors (Lipinski definition) is 0. The minimum atomic E-state index is 0. The van der Waals surface area contributed by atoms with Crippen LogP contribution in [0.25, 0.3) is 22.3 Å². The van der Waals surface area contributed by atoms with E-state index in [1.54, 1.807) is 0 Å². The quantitative estimate of drug-likeness (QED) is 0.194. The average Bonchev–Trinajstić information content (AvgIpc) is 3.40. The molecule has 4 aromatic rings. The van der Waals surface area contributed by atoms with E-state index in [2.05, 4.69) is 91.1 Å². The van der Waals surface area contributed by atoms with Crippen LogP contribution in [0.1, 0.15) is 36.1 Å². The van der Waals surface area contributed by atoms with Crippen LogP contribution in [0.4, 0.5) is 0 Å².